The molecular weight excluding hydrogens is 353 g/mol. The number of likely N-dealkylation sites (N-methyl/N-ethyl adjacent to an activating group) is 1. The third-order valence-electron chi connectivity index (χ3n) is 3.98. The molecule has 2 aromatic rings. The zero-order valence-electron chi connectivity index (χ0n) is 14.6. The van der Waals surface area contributed by atoms with Crippen molar-refractivity contribution in [2.45, 2.75) is 12.2 Å². The third-order valence-corrected chi connectivity index (χ3v) is 5.28. The molecule has 0 bridgehead atoms. The summed E-state index contributed by atoms with van der Waals surface area (Å²) >= 11 is 0. The van der Waals surface area contributed by atoms with Crippen LogP contribution in [0.2, 0.25) is 0 Å². The van der Waals surface area contributed by atoms with Crippen molar-refractivity contribution in [1.82, 2.24) is 4.90 Å². The van der Waals surface area contributed by atoms with Crippen molar-refractivity contribution in [2.75, 3.05) is 14.2 Å². The molecule has 138 valence electrons. The summed E-state index contributed by atoms with van der Waals surface area (Å²) in [4.78, 5) is 32.9. The van der Waals surface area contributed by atoms with E-state index in [-0.39, 0.29) is 6.42 Å². The number of rotatable bonds is 7. The predicted octanol–water partition coefficient (Wildman–Crippen LogP) is 2.91. The summed E-state index contributed by atoms with van der Waals surface area (Å²) in [6.45, 7) is 0. The van der Waals surface area contributed by atoms with Gasteiger partial charge in [-0.15, -0.1) is 0 Å². The van der Waals surface area contributed by atoms with Gasteiger partial charge in [0, 0.05) is 19.5 Å². The minimum atomic E-state index is -4.53. The maximum Gasteiger partial charge on any atom is 0.348 e. The molecule has 0 heterocycles. The molecule has 0 radical (unpaired) electrons. The normalized spacial score (nSPS) is 12.8. The quantitative estimate of drug-likeness (QED) is 0.574. The Kier molecular flexibility index (Phi) is 6.75. The molecule has 0 aromatic heterocycles. The minimum Gasteiger partial charge on any atom is -0.497 e. The Bertz CT molecular complexity index is 798. The summed E-state index contributed by atoms with van der Waals surface area (Å²) in [6, 6.07) is 16.1. The fourth-order valence-corrected chi connectivity index (χ4v) is 3.46. The smallest absolute Gasteiger partial charge is 0.348 e. The van der Waals surface area contributed by atoms with Gasteiger partial charge in [-0.25, -0.2) is 0 Å². The first-order valence-corrected chi connectivity index (χ1v) is 9.67. The molecule has 1 atom stereocenters. The molecule has 0 aliphatic heterocycles. The van der Waals surface area contributed by atoms with E-state index in [0.717, 1.165) is 10.5 Å². The molecule has 6 nitrogen and oxygen atoms in total. The lowest BCUT2D eigenvalue weighted by Crippen LogP contribution is -2.37. The molecule has 2 N–H and O–H groups in total. The molecule has 2 aromatic carbocycles. The van der Waals surface area contributed by atoms with E-state index in [1.54, 1.807) is 37.5 Å². The summed E-state index contributed by atoms with van der Waals surface area (Å²) in [5, 5.41) is 0. The van der Waals surface area contributed by atoms with Crippen LogP contribution in [0, 0.1) is 0 Å². The number of hydrogen-bond acceptors (Lipinski definition) is 3. The molecule has 26 heavy (non-hydrogen) atoms. The Morgan fingerprint density at radius 1 is 1.15 bits per heavy atom. The highest BCUT2D eigenvalue weighted by Crippen LogP contribution is 2.44. The van der Waals surface area contributed by atoms with Crippen molar-refractivity contribution in [3.8, 4) is 5.75 Å². The van der Waals surface area contributed by atoms with E-state index in [1.807, 2.05) is 30.3 Å². The number of ether oxygens (including phenoxy) is 1. The molecule has 1 amide bonds. The lowest BCUT2D eigenvalue weighted by molar-refractivity contribution is -0.125. The molecule has 1 unspecified atom stereocenters. The second-order valence-corrected chi connectivity index (χ2v) is 7.59. The molecule has 2 rings (SSSR count). The van der Waals surface area contributed by atoms with Crippen LogP contribution in [0.25, 0.3) is 6.08 Å². The Hall–Kier alpha value is -2.40. The maximum absolute atomic E-state index is 12.4. The van der Waals surface area contributed by atoms with Crippen molar-refractivity contribution in [2.24, 2.45) is 0 Å². The van der Waals surface area contributed by atoms with E-state index in [0.29, 0.717) is 11.3 Å². The first kappa shape index (κ1) is 19.9. The predicted molar refractivity (Wildman–Crippen MR) is 101 cm³/mol. The van der Waals surface area contributed by atoms with Gasteiger partial charge in [0.25, 0.3) is 0 Å². The van der Waals surface area contributed by atoms with Gasteiger partial charge in [0.2, 0.25) is 5.91 Å². The van der Waals surface area contributed by atoms with E-state index in [9.17, 15) is 19.1 Å². The summed E-state index contributed by atoms with van der Waals surface area (Å²) in [7, 11) is -1.59. The van der Waals surface area contributed by atoms with Crippen molar-refractivity contribution in [1.29, 1.82) is 0 Å². The lowest BCUT2D eigenvalue weighted by atomic mass is 10.1. The minimum absolute atomic E-state index is 0.0374. The summed E-state index contributed by atoms with van der Waals surface area (Å²) in [6.07, 6.45) is 2.96. The highest BCUT2D eigenvalue weighted by atomic mass is 31.2. The number of nitrogens with zero attached hydrogens (tertiary/aromatic N) is 1. The Morgan fingerprint density at radius 3 is 2.31 bits per heavy atom. The lowest BCUT2D eigenvalue weighted by Gasteiger charge is -2.28. The fourth-order valence-electron chi connectivity index (χ4n) is 2.45. The van der Waals surface area contributed by atoms with E-state index < -0.39 is 19.3 Å². The van der Waals surface area contributed by atoms with E-state index in [4.69, 9.17) is 4.74 Å². The standard InChI is InChI=1S/C19H22NO5P/c1-20(18(21)13-10-15-6-4-3-5-7-15)19(26(22,23)24)14-16-8-11-17(25-2)12-9-16/h3-13,19H,14H2,1-2H3,(H2,22,23,24). The third kappa shape index (κ3) is 5.56. The first-order valence-electron chi connectivity index (χ1n) is 7.99. The number of carbonyl (C=O) groups is 1. The highest BCUT2D eigenvalue weighted by Gasteiger charge is 2.34. The van der Waals surface area contributed by atoms with Gasteiger partial charge < -0.3 is 19.4 Å². The van der Waals surface area contributed by atoms with Crippen LogP contribution in [0.5, 0.6) is 5.75 Å². The second kappa shape index (κ2) is 8.81. The van der Waals surface area contributed by atoms with Crippen LogP contribution < -0.4 is 4.74 Å². The largest absolute Gasteiger partial charge is 0.497 e. The zero-order chi connectivity index (χ0) is 19.2. The van der Waals surface area contributed by atoms with Crippen LogP contribution in [-0.2, 0) is 15.8 Å². The van der Waals surface area contributed by atoms with E-state index in [2.05, 4.69) is 0 Å². The van der Waals surface area contributed by atoms with Crippen molar-refractivity contribution in [3.63, 3.8) is 0 Å². The van der Waals surface area contributed by atoms with Crippen LogP contribution in [0.3, 0.4) is 0 Å². The Morgan fingerprint density at radius 2 is 1.77 bits per heavy atom. The number of methoxy groups -OCH3 is 1. The van der Waals surface area contributed by atoms with Gasteiger partial charge in [-0.05, 0) is 29.3 Å². The molecule has 0 fully saturated rings. The first-order chi connectivity index (χ1) is 12.3. The van der Waals surface area contributed by atoms with Crippen molar-refractivity contribution < 1.29 is 23.9 Å². The van der Waals surface area contributed by atoms with Crippen LogP contribution >= 0.6 is 7.60 Å². The van der Waals surface area contributed by atoms with Gasteiger partial charge >= 0.3 is 7.60 Å². The van der Waals surface area contributed by atoms with Gasteiger partial charge in [0.15, 0.2) is 0 Å². The molecule has 0 saturated heterocycles. The van der Waals surface area contributed by atoms with Gasteiger partial charge in [0.1, 0.15) is 11.5 Å². The molecule has 0 saturated carbocycles. The summed E-state index contributed by atoms with van der Waals surface area (Å²) in [5.74, 6) is -1.07. The van der Waals surface area contributed by atoms with Crippen molar-refractivity contribution >= 4 is 19.6 Å². The van der Waals surface area contributed by atoms with E-state index in [1.165, 1.54) is 13.1 Å². The highest BCUT2D eigenvalue weighted by molar-refractivity contribution is 7.52. The van der Waals surface area contributed by atoms with Gasteiger partial charge in [-0.2, -0.15) is 0 Å². The molecule has 0 aliphatic carbocycles. The summed E-state index contributed by atoms with van der Waals surface area (Å²) in [5.41, 5.74) is 1.53. The average Bonchev–Trinajstić information content (AvgIpc) is 2.64. The SMILES string of the molecule is COc1ccc(CC(N(C)C(=O)C=Cc2ccccc2)P(=O)(O)O)cc1. The molecule has 7 heteroatoms. The maximum atomic E-state index is 12.4. The molecular formula is C19H22NO5P. The van der Waals surface area contributed by atoms with Crippen molar-refractivity contribution in [3.05, 3.63) is 71.8 Å². The van der Waals surface area contributed by atoms with Crippen LogP contribution in [0.4, 0.5) is 0 Å². The number of hydrogen-bond donors (Lipinski definition) is 2. The number of carbonyl (C=O) groups excluding carboxylic acids is 1. The van der Waals surface area contributed by atoms with Gasteiger partial charge in [-0.1, -0.05) is 42.5 Å². The Balaban J connectivity index is 2.15. The number of amides is 1. The Labute approximate surface area is 152 Å². The van der Waals surface area contributed by atoms with Gasteiger partial charge in [0.05, 0.1) is 7.11 Å². The molecule has 0 spiro atoms. The molecule has 0 aliphatic rings. The second-order valence-electron chi connectivity index (χ2n) is 5.82. The topological polar surface area (TPSA) is 87.1 Å². The average molecular weight is 375 g/mol. The van der Waals surface area contributed by atoms with Gasteiger partial charge in [-0.3, -0.25) is 9.36 Å². The van der Waals surface area contributed by atoms with Crippen LogP contribution in [-0.4, -0.2) is 40.5 Å². The summed E-state index contributed by atoms with van der Waals surface area (Å²) < 4.78 is 17.0. The number of benzene rings is 2. The monoisotopic (exact) mass is 375 g/mol. The van der Waals surface area contributed by atoms with Crippen LogP contribution in [0.1, 0.15) is 11.1 Å². The van der Waals surface area contributed by atoms with E-state index >= 15 is 0 Å². The van der Waals surface area contributed by atoms with Crippen LogP contribution in [0.15, 0.2) is 60.7 Å². The zero-order valence-corrected chi connectivity index (χ0v) is 15.5. The fraction of sp³-hybridized carbons (Fsp3) is 0.211.